The summed E-state index contributed by atoms with van der Waals surface area (Å²) in [7, 11) is 0. The summed E-state index contributed by atoms with van der Waals surface area (Å²) < 4.78 is 0.947. The minimum atomic E-state index is -0.514. The van der Waals surface area contributed by atoms with Crippen molar-refractivity contribution in [2.75, 3.05) is 18.1 Å². The van der Waals surface area contributed by atoms with Gasteiger partial charge in [-0.25, -0.2) is 0 Å². The molecule has 1 aliphatic rings. The third-order valence-electron chi connectivity index (χ3n) is 3.12. The minimum absolute atomic E-state index is 0.0773. The Kier molecular flexibility index (Phi) is 3.92. The van der Waals surface area contributed by atoms with Gasteiger partial charge < -0.3 is 15.3 Å². The van der Waals surface area contributed by atoms with E-state index in [0.29, 0.717) is 6.54 Å². The van der Waals surface area contributed by atoms with Crippen LogP contribution in [0.5, 0.6) is 0 Å². The summed E-state index contributed by atoms with van der Waals surface area (Å²) in [5.74, 6) is -0.122. The zero-order valence-corrected chi connectivity index (χ0v) is 12.1. The van der Waals surface area contributed by atoms with Crippen molar-refractivity contribution in [1.82, 2.24) is 5.32 Å². The van der Waals surface area contributed by atoms with Crippen LogP contribution in [0.15, 0.2) is 22.7 Å². The Balaban J connectivity index is 2.36. The molecule has 0 radical (unpaired) electrons. The zero-order chi connectivity index (χ0) is 13.3. The molecule has 0 spiro atoms. The lowest BCUT2D eigenvalue weighted by Gasteiger charge is -2.39. The van der Waals surface area contributed by atoms with E-state index in [1.54, 1.807) is 0 Å². The molecule has 0 aromatic heterocycles. The van der Waals surface area contributed by atoms with Gasteiger partial charge in [0.2, 0.25) is 5.91 Å². The van der Waals surface area contributed by atoms with Crippen molar-refractivity contribution in [2.45, 2.75) is 25.9 Å². The summed E-state index contributed by atoms with van der Waals surface area (Å²) in [5.41, 5.74) is 2.10. The number of nitrogens with zero attached hydrogens (tertiary/aromatic N) is 1. The molecular weight excluding hydrogens is 296 g/mol. The number of aliphatic hydroxyl groups is 1. The first-order valence-corrected chi connectivity index (χ1v) is 6.76. The number of anilines is 1. The molecule has 0 saturated carbocycles. The highest BCUT2D eigenvalue weighted by molar-refractivity contribution is 9.10. The van der Waals surface area contributed by atoms with Crippen molar-refractivity contribution >= 4 is 27.5 Å². The van der Waals surface area contributed by atoms with Crippen molar-refractivity contribution in [2.24, 2.45) is 0 Å². The van der Waals surface area contributed by atoms with E-state index >= 15 is 0 Å². The van der Waals surface area contributed by atoms with Gasteiger partial charge in [0.15, 0.2) is 0 Å². The minimum Gasteiger partial charge on any atom is -0.394 e. The molecule has 2 rings (SSSR count). The fourth-order valence-electron chi connectivity index (χ4n) is 2.24. The van der Waals surface area contributed by atoms with Crippen LogP contribution in [0.2, 0.25) is 0 Å². The second kappa shape index (κ2) is 5.28. The maximum atomic E-state index is 11.9. The summed E-state index contributed by atoms with van der Waals surface area (Å²) in [5, 5.41) is 12.3. The van der Waals surface area contributed by atoms with Gasteiger partial charge in [0, 0.05) is 17.1 Å². The quantitative estimate of drug-likeness (QED) is 0.869. The summed E-state index contributed by atoms with van der Waals surface area (Å²) in [4.78, 5) is 13.8. The van der Waals surface area contributed by atoms with E-state index in [1.165, 1.54) is 0 Å². The fraction of sp³-hybridized carbons (Fsp3) is 0.462. The highest BCUT2D eigenvalue weighted by Crippen LogP contribution is 2.30. The number of halogens is 1. The van der Waals surface area contributed by atoms with Crippen LogP contribution < -0.4 is 10.2 Å². The van der Waals surface area contributed by atoms with Crippen molar-refractivity contribution in [3.8, 4) is 0 Å². The molecule has 0 aliphatic carbocycles. The largest absolute Gasteiger partial charge is 0.394 e. The zero-order valence-electron chi connectivity index (χ0n) is 10.5. The third kappa shape index (κ3) is 2.52. The van der Waals surface area contributed by atoms with E-state index in [2.05, 4.69) is 21.2 Å². The van der Waals surface area contributed by atoms with Gasteiger partial charge in [-0.2, -0.15) is 0 Å². The normalized spacial score (nSPS) is 24.0. The number of piperazine rings is 1. The molecule has 1 amide bonds. The molecule has 1 heterocycles. The van der Waals surface area contributed by atoms with E-state index in [0.717, 1.165) is 15.7 Å². The molecule has 1 fully saturated rings. The highest BCUT2D eigenvalue weighted by Gasteiger charge is 2.33. The molecule has 2 N–H and O–H groups in total. The smallest absolute Gasteiger partial charge is 0.245 e. The Morgan fingerprint density at radius 2 is 2.28 bits per heavy atom. The number of hydrogen-bond donors (Lipinski definition) is 2. The van der Waals surface area contributed by atoms with Gasteiger partial charge in [-0.05, 0) is 47.5 Å². The van der Waals surface area contributed by atoms with E-state index in [1.807, 2.05) is 36.9 Å². The van der Waals surface area contributed by atoms with Crippen LogP contribution in [-0.2, 0) is 4.79 Å². The van der Waals surface area contributed by atoms with Crippen LogP contribution in [0.3, 0.4) is 0 Å². The molecule has 1 aromatic rings. The van der Waals surface area contributed by atoms with Crippen LogP contribution in [0.25, 0.3) is 0 Å². The lowest BCUT2D eigenvalue weighted by atomic mass is 10.1. The molecule has 1 aliphatic heterocycles. The Labute approximate surface area is 115 Å². The van der Waals surface area contributed by atoms with Gasteiger partial charge in [-0.15, -0.1) is 0 Å². The first-order valence-electron chi connectivity index (χ1n) is 5.97. The van der Waals surface area contributed by atoms with E-state index in [4.69, 9.17) is 0 Å². The van der Waals surface area contributed by atoms with Crippen molar-refractivity contribution < 1.29 is 9.90 Å². The van der Waals surface area contributed by atoms with Crippen LogP contribution in [0.4, 0.5) is 5.69 Å². The average molecular weight is 313 g/mol. The van der Waals surface area contributed by atoms with Gasteiger partial charge in [0.25, 0.3) is 0 Å². The van der Waals surface area contributed by atoms with Crippen LogP contribution in [0.1, 0.15) is 12.5 Å². The van der Waals surface area contributed by atoms with Crippen LogP contribution >= 0.6 is 15.9 Å². The lowest BCUT2D eigenvalue weighted by molar-refractivity contribution is -0.125. The van der Waals surface area contributed by atoms with Crippen LogP contribution in [0, 0.1) is 6.92 Å². The number of aliphatic hydroxyl groups excluding tert-OH is 1. The molecule has 0 bridgehead atoms. The molecule has 1 saturated heterocycles. The van der Waals surface area contributed by atoms with Gasteiger partial charge in [0.05, 0.1) is 12.3 Å². The van der Waals surface area contributed by atoms with Gasteiger partial charge in [-0.3, -0.25) is 4.79 Å². The standard InChI is InChI=1S/C13H17BrN2O2/c1-8-3-4-11(10(14)5-8)16-6-9(2)15-13(18)12(16)7-17/h3-5,9,12,17H,6-7H2,1-2H3,(H,15,18). The molecule has 4 nitrogen and oxygen atoms in total. The molecule has 5 heteroatoms. The maximum Gasteiger partial charge on any atom is 0.245 e. The topological polar surface area (TPSA) is 52.6 Å². The summed E-state index contributed by atoms with van der Waals surface area (Å²) in [6.45, 7) is 4.49. The number of carbonyl (C=O) groups is 1. The second-order valence-corrected chi connectivity index (χ2v) is 5.57. The number of nitrogens with one attached hydrogen (secondary N) is 1. The van der Waals surface area contributed by atoms with E-state index in [-0.39, 0.29) is 18.6 Å². The number of rotatable bonds is 2. The SMILES string of the molecule is Cc1ccc(N2CC(C)NC(=O)C2CO)c(Br)c1. The van der Waals surface area contributed by atoms with Gasteiger partial charge in [-0.1, -0.05) is 6.07 Å². The molecule has 1 aromatic carbocycles. The Bertz CT molecular complexity index is 464. The number of hydrogen-bond acceptors (Lipinski definition) is 3. The average Bonchev–Trinajstić information content (AvgIpc) is 2.28. The second-order valence-electron chi connectivity index (χ2n) is 4.72. The molecule has 2 unspecified atom stereocenters. The highest BCUT2D eigenvalue weighted by atomic mass is 79.9. The Morgan fingerprint density at radius 3 is 2.89 bits per heavy atom. The lowest BCUT2D eigenvalue weighted by Crippen LogP contribution is -2.60. The summed E-state index contributed by atoms with van der Waals surface area (Å²) in [6, 6.07) is 5.56. The van der Waals surface area contributed by atoms with E-state index < -0.39 is 6.04 Å². The van der Waals surface area contributed by atoms with Crippen molar-refractivity contribution in [1.29, 1.82) is 0 Å². The molecule has 98 valence electrons. The van der Waals surface area contributed by atoms with Crippen molar-refractivity contribution in [3.63, 3.8) is 0 Å². The monoisotopic (exact) mass is 312 g/mol. The predicted octanol–water partition coefficient (Wildman–Crippen LogP) is 1.44. The Morgan fingerprint density at radius 1 is 1.56 bits per heavy atom. The predicted molar refractivity (Wildman–Crippen MR) is 74.7 cm³/mol. The van der Waals surface area contributed by atoms with Gasteiger partial charge in [0.1, 0.15) is 6.04 Å². The molecule has 2 atom stereocenters. The van der Waals surface area contributed by atoms with Crippen molar-refractivity contribution in [3.05, 3.63) is 28.2 Å². The fourth-order valence-corrected chi connectivity index (χ4v) is 2.96. The molecule has 18 heavy (non-hydrogen) atoms. The number of carbonyl (C=O) groups excluding carboxylic acids is 1. The maximum absolute atomic E-state index is 11.9. The first kappa shape index (κ1) is 13.4. The number of amides is 1. The Hall–Kier alpha value is -1.07. The first-order chi connectivity index (χ1) is 8.52. The number of benzene rings is 1. The molecular formula is C13H17BrN2O2. The van der Waals surface area contributed by atoms with E-state index in [9.17, 15) is 9.90 Å². The van der Waals surface area contributed by atoms with Crippen LogP contribution in [-0.4, -0.2) is 36.2 Å². The third-order valence-corrected chi connectivity index (χ3v) is 3.76. The summed E-state index contributed by atoms with van der Waals surface area (Å²) >= 11 is 3.52. The van der Waals surface area contributed by atoms with Gasteiger partial charge >= 0.3 is 0 Å². The summed E-state index contributed by atoms with van der Waals surface area (Å²) in [6.07, 6.45) is 0. The number of aryl methyl sites for hydroxylation is 1.